The molecular formula is C18H17N3OS. The molecule has 2 aromatic heterocycles. The van der Waals surface area contributed by atoms with Gasteiger partial charge in [-0.3, -0.25) is 4.79 Å². The summed E-state index contributed by atoms with van der Waals surface area (Å²) in [6.07, 6.45) is 4.96. The third kappa shape index (κ3) is 2.61. The van der Waals surface area contributed by atoms with E-state index < -0.39 is 0 Å². The van der Waals surface area contributed by atoms with Gasteiger partial charge in [0, 0.05) is 23.4 Å². The van der Waals surface area contributed by atoms with E-state index in [1.165, 1.54) is 0 Å². The van der Waals surface area contributed by atoms with Crippen LogP contribution in [0.4, 0.5) is 5.69 Å². The van der Waals surface area contributed by atoms with Gasteiger partial charge in [0.25, 0.3) is 0 Å². The van der Waals surface area contributed by atoms with E-state index in [2.05, 4.69) is 15.3 Å². The summed E-state index contributed by atoms with van der Waals surface area (Å²) in [7, 11) is 0. The van der Waals surface area contributed by atoms with Crippen LogP contribution in [0.15, 0.2) is 36.5 Å². The van der Waals surface area contributed by atoms with E-state index in [0.717, 1.165) is 51.4 Å². The van der Waals surface area contributed by atoms with Crippen molar-refractivity contribution >= 4 is 33.3 Å². The maximum Gasteiger partial charge on any atom is 0.227 e. The number of hydrogen-bond acceptors (Lipinski definition) is 4. The molecule has 1 aliphatic carbocycles. The minimum atomic E-state index is 0.141. The van der Waals surface area contributed by atoms with Crippen LogP contribution in [0.25, 0.3) is 20.9 Å². The number of nitrogens with one attached hydrogen (secondary N) is 1. The summed E-state index contributed by atoms with van der Waals surface area (Å²) in [4.78, 5) is 22.2. The summed E-state index contributed by atoms with van der Waals surface area (Å²) >= 11 is 1.58. The fourth-order valence-corrected chi connectivity index (χ4v) is 3.78. The zero-order valence-corrected chi connectivity index (χ0v) is 13.7. The summed E-state index contributed by atoms with van der Waals surface area (Å²) in [5, 5.41) is 4.02. The summed E-state index contributed by atoms with van der Waals surface area (Å²) < 4.78 is 0. The molecule has 0 atom stereocenters. The molecule has 0 radical (unpaired) electrons. The van der Waals surface area contributed by atoms with Crippen LogP contribution in [0.1, 0.15) is 24.8 Å². The predicted molar refractivity (Wildman–Crippen MR) is 93.6 cm³/mol. The zero-order valence-electron chi connectivity index (χ0n) is 12.9. The fourth-order valence-electron chi connectivity index (χ4n) is 2.79. The number of aromatic nitrogens is 2. The van der Waals surface area contributed by atoms with Crippen LogP contribution < -0.4 is 5.32 Å². The molecular weight excluding hydrogens is 306 g/mol. The Morgan fingerprint density at radius 2 is 2.13 bits per heavy atom. The normalized spacial score (nSPS) is 14.7. The van der Waals surface area contributed by atoms with Crippen molar-refractivity contribution in [2.24, 2.45) is 5.92 Å². The number of rotatable bonds is 3. The summed E-state index contributed by atoms with van der Waals surface area (Å²) in [6, 6.07) is 9.85. The van der Waals surface area contributed by atoms with Crippen molar-refractivity contribution in [3.8, 4) is 10.6 Å². The Morgan fingerprint density at radius 1 is 1.26 bits per heavy atom. The first kappa shape index (κ1) is 14.3. The average molecular weight is 323 g/mol. The second-order valence-corrected chi connectivity index (χ2v) is 6.92. The van der Waals surface area contributed by atoms with Gasteiger partial charge in [-0.1, -0.05) is 29.9 Å². The molecule has 1 amide bonds. The molecule has 0 unspecified atom stereocenters. The van der Waals surface area contributed by atoms with Gasteiger partial charge >= 0.3 is 0 Å². The molecule has 1 aliphatic rings. The molecule has 1 saturated carbocycles. The van der Waals surface area contributed by atoms with Gasteiger partial charge in [0.15, 0.2) is 0 Å². The van der Waals surface area contributed by atoms with E-state index in [1.54, 1.807) is 17.5 Å². The van der Waals surface area contributed by atoms with Crippen molar-refractivity contribution in [3.05, 3.63) is 42.1 Å². The highest BCUT2D eigenvalue weighted by Crippen LogP contribution is 2.34. The molecule has 5 heteroatoms. The number of nitrogens with zero attached hydrogens (tertiary/aromatic N) is 2. The molecule has 4 nitrogen and oxygen atoms in total. The highest BCUT2D eigenvalue weighted by atomic mass is 32.1. The van der Waals surface area contributed by atoms with Crippen LogP contribution in [0.2, 0.25) is 0 Å². The maximum atomic E-state index is 12.2. The average Bonchev–Trinajstić information content (AvgIpc) is 2.91. The molecule has 116 valence electrons. The Morgan fingerprint density at radius 3 is 2.87 bits per heavy atom. The first-order valence-corrected chi connectivity index (χ1v) is 8.66. The minimum Gasteiger partial charge on any atom is -0.326 e. The van der Waals surface area contributed by atoms with Crippen LogP contribution in [0.5, 0.6) is 0 Å². The van der Waals surface area contributed by atoms with E-state index in [-0.39, 0.29) is 11.8 Å². The van der Waals surface area contributed by atoms with Gasteiger partial charge in [-0.25, -0.2) is 9.97 Å². The van der Waals surface area contributed by atoms with E-state index in [0.29, 0.717) is 0 Å². The van der Waals surface area contributed by atoms with Gasteiger partial charge in [-0.2, -0.15) is 0 Å². The van der Waals surface area contributed by atoms with Crippen molar-refractivity contribution in [1.29, 1.82) is 0 Å². The second-order valence-electron chi connectivity index (χ2n) is 5.94. The molecule has 0 bridgehead atoms. The fraction of sp³-hybridized carbons (Fsp3) is 0.278. The third-order valence-electron chi connectivity index (χ3n) is 4.46. The van der Waals surface area contributed by atoms with E-state index >= 15 is 0 Å². The largest absolute Gasteiger partial charge is 0.326 e. The Bertz CT molecular complexity index is 850. The van der Waals surface area contributed by atoms with Gasteiger partial charge in [0.1, 0.15) is 15.4 Å². The number of carbonyl (C=O) groups excluding carboxylic acids is 1. The second kappa shape index (κ2) is 5.74. The van der Waals surface area contributed by atoms with Crippen molar-refractivity contribution in [1.82, 2.24) is 9.97 Å². The van der Waals surface area contributed by atoms with Crippen molar-refractivity contribution in [2.45, 2.75) is 26.2 Å². The number of anilines is 1. The number of fused-ring (bicyclic) bond motifs is 1. The molecule has 2 heterocycles. The highest BCUT2D eigenvalue weighted by molar-refractivity contribution is 7.21. The van der Waals surface area contributed by atoms with Crippen LogP contribution >= 0.6 is 11.3 Å². The third-order valence-corrected chi connectivity index (χ3v) is 5.48. The summed E-state index contributed by atoms with van der Waals surface area (Å²) in [6.45, 7) is 2.03. The smallest absolute Gasteiger partial charge is 0.227 e. The molecule has 3 aromatic rings. The topological polar surface area (TPSA) is 54.9 Å². The number of amides is 1. The monoisotopic (exact) mass is 323 g/mol. The summed E-state index contributed by atoms with van der Waals surface area (Å²) in [5.41, 5.74) is 3.90. The van der Waals surface area contributed by atoms with E-state index in [1.807, 2.05) is 37.3 Å². The number of pyridine rings is 1. The van der Waals surface area contributed by atoms with Crippen molar-refractivity contribution in [2.75, 3.05) is 5.32 Å². The number of carbonyl (C=O) groups is 1. The van der Waals surface area contributed by atoms with Crippen LogP contribution in [0, 0.1) is 12.8 Å². The standard InChI is InChI=1S/C18H17N3OS/c1-11-13(17-21-15-9-4-10-19-18(15)23-17)7-3-8-14(11)20-16(22)12-5-2-6-12/h3-4,7-10,12H,2,5-6H2,1H3,(H,20,22). The van der Waals surface area contributed by atoms with Gasteiger partial charge in [0.2, 0.25) is 5.91 Å². The lowest BCUT2D eigenvalue weighted by atomic mass is 9.84. The van der Waals surface area contributed by atoms with Gasteiger partial charge in [-0.15, -0.1) is 0 Å². The molecule has 0 spiro atoms. The highest BCUT2D eigenvalue weighted by Gasteiger charge is 2.25. The van der Waals surface area contributed by atoms with E-state index in [9.17, 15) is 4.79 Å². The zero-order chi connectivity index (χ0) is 15.8. The van der Waals surface area contributed by atoms with E-state index in [4.69, 9.17) is 0 Å². The SMILES string of the molecule is Cc1c(NC(=O)C2CCC2)cccc1-c1nc2cccnc2s1. The predicted octanol–water partition coefficient (Wildman–Crippen LogP) is 4.41. The lowest BCUT2D eigenvalue weighted by molar-refractivity contribution is -0.122. The minimum absolute atomic E-state index is 0.141. The van der Waals surface area contributed by atoms with Gasteiger partial charge in [0.05, 0.1) is 0 Å². The van der Waals surface area contributed by atoms with Crippen LogP contribution in [-0.2, 0) is 4.79 Å². The Labute approximate surface area is 138 Å². The molecule has 1 N–H and O–H groups in total. The molecule has 1 fully saturated rings. The van der Waals surface area contributed by atoms with Crippen LogP contribution in [0.3, 0.4) is 0 Å². The maximum absolute atomic E-state index is 12.2. The first-order valence-electron chi connectivity index (χ1n) is 7.85. The lowest BCUT2D eigenvalue weighted by Gasteiger charge is -2.24. The quantitative estimate of drug-likeness (QED) is 0.777. The Kier molecular flexibility index (Phi) is 3.58. The van der Waals surface area contributed by atoms with Gasteiger partial charge < -0.3 is 5.32 Å². The van der Waals surface area contributed by atoms with Gasteiger partial charge in [-0.05, 0) is 43.5 Å². The molecule has 1 aromatic carbocycles. The lowest BCUT2D eigenvalue weighted by Crippen LogP contribution is -2.28. The number of hydrogen-bond donors (Lipinski definition) is 1. The number of benzene rings is 1. The Balaban J connectivity index is 1.68. The first-order chi connectivity index (χ1) is 11.2. The Hall–Kier alpha value is -2.27. The number of thiazole rings is 1. The van der Waals surface area contributed by atoms with Crippen LogP contribution in [-0.4, -0.2) is 15.9 Å². The van der Waals surface area contributed by atoms with Crippen molar-refractivity contribution < 1.29 is 4.79 Å². The summed E-state index contributed by atoms with van der Waals surface area (Å²) in [5.74, 6) is 0.326. The molecule has 0 saturated heterocycles. The molecule has 4 rings (SSSR count). The molecule has 0 aliphatic heterocycles. The van der Waals surface area contributed by atoms with Crippen molar-refractivity contribution in [3.63, 3.8) is 0 Å². The molecule has 23 heavy (non-hydrogen) atoms.